The highest BCUT2D eigenvalue weighted by Crippen LogP contribution is 2.34. The molecule has 0 saturated carbocycles. The fourth-order valence-electron chi connectivity index (χ4n) is 2.24. The van der Waals surface area contributed by atoms with E-state index in [1.165, 1.54) is 0 Å². The molecular formula is C12H22N2O4S. The molecule has 0 bridgehead atoms. The number of aliphatic carboxylic acids is 1. The standard InChI is InChI=1S/C12H22N2O4S/c1-3-12(10(15)16)5-7-14(9-12)11(17)13-6-4-8-19(2)18/h3-9H2,1-2H3,(H,13,17)(H,15,16). The van der Waals surface area contributed by atoms with Crippen LogP contribution in [0.5, 0.6) is 0 Å². The maximum atomic E-state index is 11.9. The van der Waals surface area contributed by atoms with E-state index < -0.39 is 22.2 Å². The Labute approximate surface area is 116 Å². The van der Waals surface area contributed by atoms with Crippen molar-refractivity contribution in [1.82, 2.24) is 10.2 Å². The molecular weight excluding hydrogens is 268 g/mol. The van der Waals surface area contributed by atoms with Gasteiger partial charge in [0.15, 0.2) is 0 Å². The Balaban J connectivity index is 2.39. The van der Waals surface area contributed by atoms with Gasteiger partial charge < -0.3 is 15.3 Å². The minimum absolute atomic E-state index is 0.224. The van der Waals surface area contributed by atoms with E-state index in [0.29, 0.717) is 38.1 Å². The highest BCUT2D eigenvalue weighted by Gasteiger charge is 2.44. The second-order valence-corrected chi connectivity index (χ2v) is 6.53. The topological polar surface area (TPSA) is 86.7 Å². The van der Waals surface area contributed by atoms with Gasteiger partial charge in [-0.25, -0.2) is 4.79 Å². The van der Waals surface area contributed by atoms with Gasteiger partial charge in [0.1, 0.15) is 0 Å². The van der Waals surface area contributed by atoms with Crippen molar-refractivity contribution in [2.24, 2.45) is 5.41 Å². The molecule has 1 heterocycles. The summed E-state index contributed by atoms with van der Waals surface area (Å²) in [6.45, 7) is 3.06. The molecule has 0 spiro atoms. The second-order valence-electron chi connectivity index (χ2n) is 4.97. The first-order valence-electron chi connectivity index (χ1n) is 6.47. The van der Waals surface area contributed by atoms with E-state index >= 15 is 0 Å². The predicted octanol–water partition coefficient (Wildman–Crippen LogP) is 0.651. The van der Waals surface area contributed by atoms with Crippen molar-refractivity contribution in [3.63, 3.8) is 0 Å². The number of nitrogens with zero attached hydrogens (tertiary/aromatic N) is 1. The first kappa shape index (κ1) is 15.9. The van der Waals surface area contributed by atoms with E-state index in [9.17, 15) is 18.9 Å². The zero-order valence-corrected chi connectivity index (χ0v) is 12.3. The van der Waals surface area contributed by atoms with Crippen LogP contribution in [0.1, 0.15) is 26.2 Å². The Hall–Kier alpha value is -1.11. The Kier molecular flexibility index (Phi) is 5.78. The van der Waals surface area contributed by atoms with Crippen LogP contribution in [0.25, 0.3) is 0 Å². The summed E-state index contributed by atoms with van der Waals surface area (Å²) in [5.74, 6) is -0.263. The molecule has 2 N–H and O–H groups in total. The molecule has 0 aromatic rings. The molecule has 6 nitrogen and oxygen atoms in total. The van der Waals surface area contributed by atoms with Crippen LogP contribution in [0, 0.1) is 5.41 Å². The molecule has 1 fully saturated rings. The number of nitrogens with one attached hydrogen (secondary N) is 1. The van der Waals surface area contributed by atoms with E-state index in [1.54, 1.807) is 11.2 Å². The van der Waals surface area contributed by atoms with Crippen LogP contribution in [0.3, 0.4) is 0 Å². The first-order chi connectivity index (χ1) is 8.91. The fraction of sp³-hybridized carbons (Fsp3) is 0.833. The molecule has 2 unspecified atom stereocenters. The first-order valence-corrected chi connectivity index (χ1v) is 8.20. The van der Waals surface area contributed by atoms with Crippen molar-refractivity contribution in [2.75, 3.05) is 31.6 Å². The minimum atomic E-state index is -0.845. The van der Waals surface area contributed by atoms with Crippen molar-refractivity contribution >= 4 is 22.8 Å². The molecule has 0 aromatic carbocycles. The Morgan fingerprint density at radius 2 is 2.16 bits per heavy atom. The summed E-state index contributed by atoms with van der Waals surface area (Å²) < 4.78 is 10.9. The van der Waals surface area contributed by atoms with Gasteiger partial charge in [0.25, 0.3) is 0 Å². The Morgan fingerprint density at radius 1 is 1.47 bits per heavy atom. The Bertz CT molecular complexity index is 375. The molecule has 1 aliphatic rings. The van der Waals surface area contributed by atoms with E-state index in [1.807, 2.05) is 6.92 Å². The van der Waals surface area contributed by atoms with Crippen LogP contribution in [-0.4, -0.2) is 57.9 Å². The minimum Gasteiger partial charge on any atom is -0.481 e. The van der Waals surface area contributed by atoms with Gasteiger partial charge in [0.05, 0.1) is 5.41 Å². The molecule has 110 valence electrons. The van der Waals surface area contributed by atoms with Crippen LogP contribution in [0.2, 0.25) is 0 Å². The second kappa shape index (κ2) is 6.88. The average Bonchev–Trinajstić information content (AvgIpc) is 2.80. The number of hydrogen-bond acceptors (Lipinski definition) is 3. The summed E-state index contributed by atoms with van der Waals surface area (Å²) in [4.78, 5) is 24.7. The number of hydrogen-bond donors (Lipinski definition) is 2. The summed E-state index contributed by atoms with van der Waals surface area (Å²) in [6.07, 6.45) is 3.33. The monoisotopic (exact) mass is 290 g/mol. The lowest BCUT2D eigenvalue weighted by Crippen LogP contribution is -2.42. The molecule has 0 aliphatic carbocycles. The van der Waals surface area contributed by atoms with Gasteiger partial charge >= 0.3 is 12.0 Å². The highest BCUT2D eigenvalue weighted by molar-refractivity contribution is 7.84. The molecule has 19 heavy (non-hydrogen) atoms. The number of carbonyl (C=O) groups excluding carboxylic acids is 1. The van der Waals surface area contributed by atoms with Crippen molar-refractivity contribution in [3.05, 3.63) is 0 Å². The maximum absolute atomic E-state index is 11.9. The summed E-state index contributed by atoms with van der Waals surface area (Å²) >= 11 is 0. The van der Waals surface area contributed by atoms with E-state index in [4.69, 9.17) is 0 Å². The number of carboxylic acid groups (broad SMARTS) is 1. The molecule has 1 rings (SSSR count). The maximum Gasteiger partial charge on any atom is 0.317 e. The van der Waals surface area contributed by atoms with Crippen LogP contribution >= 0.6 is 0 Å². The quantitative estimate of drug-likeness (QED) is 0.703. The third-order valence-electron chi connectivity index (χ3n) is 3.66. The SMILES string of the molecule is CCC1(C(=O)O)CCN(C(=O)NCCCS(C)=O)C1. The third-order valence-corrected chi connectivity index (χ3v) is 4.52. The van der Waals surface area contributed by atoms with Gasteiger partial charge in [0, 0.05) is 42.4 Å². The number of urea groups is 1. The number of likely N-dealkylation sites (tertiary alicyclic amines) is 1. The highest BCUT2D eigenvalue weighted by atomic mass is 32.2. The summed E-state index contributed by atoms with van der Waals surface area (Å²) in [5.41, 5.74) is -0.789. The summed E-state index contributed by atoms with van der Waals surface area (Å²) in [5, 5.41) is 12.0. The molecule has 2 amide bonds. The third kappa shape index (κ3) is 4.19. The molecule has 7 heteroatoms. The summed E-state index contributed by atoms with van der Waals surface area (Å²) in [6, 6.07) is -0.224. The van der Waals surface area contributed by atoms with Gasteiger partial charge in [0.2, 0.25) is 0 Å². The zero-order valence-electron chi connectivity index (χ0n) is 11.5. The normalized spacial score (nSPS) is 24.2. The molecule has 1 saturated heterocycles. The Morgan fingerprint density at radius 3 is 2.63 bits per heavy atom. The zero-order chi connectivity index (χ0) is 14.5. The predicted molar refractivity (Wildman–Crippen MR) is 73.5 cm³/mol. The molecule has 0 aromatic heterocycles. The largest absolute Gasteiger partial charge is 0.481 e. The summed E-state index contributed by atoms with van der Waals surface area (Å²) in [7, 11) is -0.845. The lowest BCUT2D eigenvalue weighted by atomic mass is 9.84. The van der Waals surface area contributed by atoms with Gasteiger partial charge in [-0.05, 0) is 19.3 Å². The van der Waals surface area contributed by atoms with Gasteiger partial charge in [-0.1, -0.05) is 6.92 Å². The van der Waals surface area contributed by atoms with Gasteiger partial charge in [-0.3, -0.25) is 9.00 Å². The smallest absolute Gasteiger partial charge is 0.317 e. The van der Waals surface area contributed by atoms with Gasteiger partial charge in [-0.15, -0.1) is 0 Å². The average molecular weight is 290 g/mol. The number of rotatable bonds is 6. The lowest BCUT2D eigenvalue weighted by molar-refractivity contribution is -0.148. The number of carbonyl (C=O) groups is 2. The molecule has 2 atom stereocenters. The van der Waals surface area contributed by atoms with Crippen LogP contribution in [0.15, 0.2) is 0 Å². The van der Waals surface area contributed by atoms with Crippen LogP contribution < -0.4 is 5.32 Å². The van der Waals surface area contributed by atoms with Crippen molar-refractivity contribution in [1.29, 1.82) is 0 Å². The molecule has 0 radical (unpaired) electrons. The van der Waals surface area contributed by atoms with Crippen molar-refractivity contribution in [3.8, 4) is 0 Å². The molecule has 1 aliphatic heterocycles. The fourth-order valence-corrected chi connectivity index (χ4v) is 2.79. The van der Waals surface area contributed by atoms with E-state index in [-0.39, 0.29) is 12.6 Å². The lowest BCUT2D eigenvalue weighted by Gasteiger charge is -2.23. The van der Waals surface area contributed by atoms with Crippen LogP contribution in [0.4, 0.5) is 4.79 Å². The number of carboxylic acids is 1. The van der Waals surface area contributed by atoms with E-state index in [0.717, 1.165) is 0 Å². The van der Waals surface area contributed by atoms with E-state index in [2.05, 4.69) is 5.32 Å². The van der Waals surface area contributed by atoms with Gasteiger partial charge in [-0.2, -0.15) is 0 Å². The van der Waals surface area contributed by atoms with Crippen molar-refractivity contribution in [2.45, 2.75) is 26.2 Å². The van der Waals surface area contributed by atoms with Crippen LogP contribution in [-0.2, 0) is 15.6 Å². The number of amides is 2. The van der Waals surface area contributed by atoms with Crippen molar-refractivity contribution < 1.29 is 18.9 Å².